The first-order valence-electron chi connectivity index (χ1n) is 7.89. The van der Waals surface area contributed by atoms with Crippen molar-refractivity contribution in [1.82, 2.24) is 9.78 Å². The van der Waals surface area contributed by atoms with E-state index in [2.05, 4.69) is 39.8 Å². The highest BCUT2D eigenvalue weighted by atomic mass is 16.3. The minimum atomic E-state index is 0.343. The lowest BCUT2D eigenvalue weighted by atomic mass is 9.97. The van der Waals surface area contributed by atoms with Gasteiger partial charge in [0.15, 0.2) is 0 Å². The molecular weight excluding hydrogens is 260 g/mol. The molecule has 0 saturated heterocycles. The molecule has 2 rings (SSSR count). The highest BCUT2D eigenvalue weighted by molar-refractivity contribution is 5.68. The predicted octanol–water partition coefficient (Wildman–Crippen LogP) is 4.56. The highest BCUT2D eigenvalue weighted by Crippen LogP contribution is 2.33. The summed E-state index contributed by atoms with van der Waals surface area (Å²) in [4.78, 5) is 0. The van der Waals surface area contributed by atoms with E-state index in [1.807, 2.05) is 12.1 Å². The van der Waals surface area contributed by atoms with Crippen molar-refractivity contribution in [3.63, 3.8) is 0 Å². The number of hydrogen-bond donors (Lipinski definition) is 1. The van der Waals surface area contributed by atoms with Gasteiger partial charge in [-0.15, -0.1) is 0 Å². The smallest absolute Gasteiger partial charge is 0.213 e. The largest absolute Gasteiger partial charge is 0.493 e. The van der Waals surface area contributed by atoms with Crippen molar-refractivity contribution < 1.29 is 5.11 Å². The zero-order chi connectivity index (χ0) is 15.4. The number of nitrogens with zero attached hydrogens (tertiary/aromatic N) is 2. The zero-order valence-corrected chi connectivity index (χ0v) is 13.6. The summed E-state index contributed by atoms with van der Waals surface area (Å²) >= 11 is 0. The first kappa shape index (κ1) is 15.6. The van der Waals surface area contributed by atoms with Gasteiger partial charge in [-0.25, -0.2) is 4.68 Å². The van der Waals surface area contributed by atoms with E-state index in [4.69, 9.17) is 5.10 Å². The Bertz CT molecular complexity index is 599. The molecule has 0 unspecified atom stereocenters. The number of unbranched alkanes of at least 4 members (excludes halogenated alkanes) is 1. The van der Waals surface area contributed by atoms with Crippen LogP contribution in [0.2, 0.25) is 0 Å². The zero-order valence-electron chi connectivity index (χ0n) is 13.6. The van der Waals surface area contributed by atoms with Crippen molar-refractivity contribution in [1.29, 1.82) is 0 Å². The fourth-order valence-corrected chi connectivity index (χ4v) is 2.61. The average molecular weight is 286 g/mol. The molecular formula is C18H26N2O. The maximum atomic E-state index is 10.5. The first-order chi connectivity index (χ1) is 10.0. The fraction of sp³-hybridized carbons (Fsp3) is 0.500. The SMILES string of the molecule is CCCCn1nc(-c2ccccc2C)c(CC(C)C)c1O. The molecule has 0 fully saturated rings. The molecule has 0 aliphatic rings. The molecule has 3 nitrogen and oxygen atoms in total. The third-order valence-corrected chi connectivity index (χ3v) is 3.76. The van der Waals surface area contributed by atoms with Crippen molar-refractivity contribution in [2.75, 3.05) is 0 Å². The van der Waals surface area contributed by atoms with E-state index < -0.39 is 0 Å². The number of hydrogen-bond acceptors (Lipinski definition) is 2. The van der Waals surface area contributed by atoms with Gasteiger partial charge in [-0.3, -0.25) is 0 Å². The summed E-state index contributed by atoms with van der Waals surface area (Å²) in [6.45, 7) is 9.36. The van der Waals surface area contributed by atoms with Crippen molar-refractivity contribution >= 4 is 0 Å². The maximum absolute atomic E-state index is 10.5. The molecule has 0 saturated carbocycles. The molecule has 0 radical (unpaired) electrons. The van der Waals surface area contributed by atoms with Gasteiger partial charge < -0.3 is 5.11 Å². The molecule has 114 valence electrons. The molecule has 1 N–H and O–H groups in total. The first-order valence-corrected chi connectivity index (χ1v) is 7.89. The van der Waals surface area contributed by atoms with E-state index in [0.717, 1.165) is 42.6 Å². The van der Waals surface area contributed by atoms with Gasteiger partial charge in [0.2, 0.25) is 5.88 Å². The molecule has 1 aromatic heterocycles. The van der Waals surface area contributed by atoms with Crippen LogP contribution in [0.25, 0.3) is 11.3 Å². The second-order valence-corrected chi connectivity index (χ2v) is 6.14. The lowest BCUT2D eigenvalue weighted by molar-refractivity contribution is 0.387. The predicted molar refractivity (Wildman–Crippen MR) is 87.5 cm³/mol. The van der Waals surface area contributed by atoms with Crippen molar-refractivity contribution in [2.45, 2.75) is 53.5 Å². The summed E-state index contributed by atoms with van der Waals surface area (Å²) in [6, 6.07) is 8.25. The molecule has 0 aliphatic heterocycles. The molecule has 0 atom stereocenters. The van der Waals surface area contributed by atoms with Crippen LogP contribution < -0.4 is 0 Å². The van der Waals surface area contributed by atoms with Crippen LogP contribution in [0, 0.1) is 12.8 Å². The quantitative estimate of drug-likeness (QED) is 0.845. The van der Waals surface area contributed by atoms with E-state index in [1.165, 1.54) is 5.56 Å². The number of aryl methyl sites for hydroxylation is 2. The van der Waals surface area contributed by atoms with E-state index in [0.29, 0.717) is 11.8 Å². The van der Waals surface area contributed by atoms with Crippen molar-refractivity contribution in [3.05, 3.63) is 35.4 Å². The molecule has 3 heteroatoms. The van der Waals surface area contributed by atoms with Gasteiger partial charge >= 0.3 is 0 Å². The van der Waals surface area contributed by atoms with Crippen LogP contribution in [0.15, 0.2) is 24.3 Å². The normalized spacial score (nSPS) is 11.3. The molecule has 0 spiro atoms. The molecule has 0 amide bonds. The number of rotatable bonds is 6. The number of aromatic nitrogens is 2. The minimum Gasteiger partial charge on any atom is -0.493 e. The second kappa shape index (κ2) is 6.79. The summed E-state index contributed by atoms with van der Waals surface area (Å²) in [5, 5.41) is 15.2. The summed E-state index contributed by atoms with van der Waals surface area (Å²) in [6.07, 6.45) is 2.98. The lowest BCUT2D eigenvalue weighted by Crippen LogP contribution is -1.99. The standard InChI is InChI=1S/C18H26N2O/c1-5-6-11-20-18(21)16(12-13(2)3)17(19-20)15-10-8-7-9-14(15)4/h7-10,13,21H,5-6,11-12H2,1-4H3. The Labute approximate surface area is 127 Å². The van der Waals surface area contributed by atoms with E-state index in [-0.39, 0.29) is 0 Å². The Morgan fingerprint density at radius 3 is 2.57 bits per heavy atom. The van der Waals surface area contributed by atoms with E-state index in [9.17, 15) is 5.11 Å². The van der Waals surface area contributed by atoms with Crippen LogP contribution in [0.1, 0.15) is 44.7 Å². The van der Waals surface area contributed by atoms with Gasteiger partial charge in [-0.2, -0.15) is 5.10 Å². The van der Waals surface area contributed by atoms with Gasteiger partial charge in [0.25, 0.3) is 0 Å². The van der Waals surface area contributed by atoms with Gasteiger partial charge in [0.05, 0.1) is 5.69 Å². The van der Waals surface area contributed by atoms with Crippen LogP contribution in [-0.4, -0.2) is 14.9 Å². The molecule has 1 heterocycles. The van der Waals surface area contributed by atoms with Crippen molar-refractivity contribution in [2.24, 2.45) is 5.92 Å². The number of aromatic hydroxyl groups is 1. The van der Waals surface area contributed by atoms with Crippen LogP contribution in [-0.2, 0) is 13.0 Å². The topological polar surface area (TPSA) is 38.0 Å². The third kappa shape index (κ3) is 3.46. The molecule has 2 aromatic rings. The summed E-state index contributed by atoms with van der Waals surface area (Å²) < 4.78 is 1.77. The van der Waals surface area contributed by atoms with Gasteiger partial charge in [0, 0.05) is 17.7 Å². The minimum absolute atomic E-state index is 0.343. The monoisotopic (exact) mass is 286 g/mol. The number of benzene rings is 1. The molecule has 0 bridgehead atoms. The van der Waals surface area contributed by atoms with Gasteiger partial charge in [-0.05, 0) is 31.2 Å². The average Bonchev–Trinajstić information content (AvgIpc) is 2.74. The summed E-state index contributed by atoms with van der Waals surface area (Å²) in [7, 11) is 0. The van der Waals surface area contributed by atoms with Crippen LogP contribution >= 0.6 is 0 Å². The Kier molecular flexibility index (Phi) is 5.05. The third-order valence-electron chi connectivity index (χ3n) is 3.76. The second-order valence-electron chi connectivity index (χ2n) is 6.14. The Balaban J connectivity index is 2.50. The Morgan fingerprint density at radius 2 is 1.95 bits per heavy atom. The van der Waals surface area contributed by atoms with Gasteiger partial charge in [-0.1, -0.05) is 51.5 Å². The maximum Gasteiger partial charge on any atom is 0.213 e. The summed E-state index contributed by atoms with van der Waals surface area (Å²) in [5.74, 6) is 0.831. The highest BCUT2D eigenvalue weighted by Gasteiger charge is 2.20. The molecule has 0 aliphatic carbocycles. The summed E-state index contributed by atoms with van der Waals surface area (Å²) in [5.41, 5.74) is 4.24. The van der Waals surface area contributed by atoms with Gasteiger partial charge in [0.1, 0.15) is 0 Å². The Morgan fingerprint density at radius 1 is 1.24 bits per heavy atom. The Hall–Kier alpha value is -1.77. The molecule has 1 aromatic carbocycles. The van der Waals surface area contributed by atoms with Crippen molar-refractivity contribution in [3.8, 4) is 17.1 Å². The van der Waals surface area contributed by atoms with Crippen LogP contribution in [0.3, 0.4) is 0 Å². The fourth-order valence-electron chi connectivity index (χ4n) is 2.61. The lowest BCUT2D eigenvalue weighted by Gasteiger charge is -2.08. The molecule has 21 heavy (non-hydrogen) atoms. The van der Waals surface area contributed by atoms with E-state index in [1.54, 1.807) is 4.68 Å². The van der Waals surface area contributed by atoms with E-state index >= 15 is 0 Å². The van der Waals surface area contributed by atoms with Crippen LogP contribution in [0.4, 0.5) is 0 Å². The van der Waals surface area contributed by atoms with Crippen LogP contribution in [0.5, 0.6) is 5.88 Å².